The van der Waals surface area contributed by atoms with Crippen molar-refractivity contribution in [2.45, 2.75) is 13.0 Å². The first kappa shape index (κ1) is 15.1. The minimum absolute atomic E-state index is 0.0652. The number of benzene rings is 1. The van der Waals surface area contributed by atoms with Crippen molar-refractivity contribution >= 4 is 33.3 Å². The summed E-state index contributed by atoms with van der Waals surface area (Å²) in [5.74, 6) is -1.28. The molecule has 0 saturated carbocycles. The molecule has 1 amide bonds. The van der Waals surface area contributed by atoms with Crippen LogP contribution in [0.25, 0.3) is 10.1 Å². The first-order valence-electron chi connectivity index (χ1n) is 6.60. The third-order valence-corrected chi connectivity index (χ3v) is 4.06. The Morgan fingerprint density at radius 2 is 2.17 bits per heavy atom. The highest BCUT2D eigenvalue weighted by Gasteiger charge is 2.14. The van der Waals surface area contributed by atoms with Gasteiger partial charge >= 0.3 is 5.97 Å². The largest absolute Gasteiger partial charge is 0.481 e. The van der Waals surface area contributed by atoms with Crippen LogP contribution in [0.3, 0.4) is 0 Å². The standard InChI is InChI=1S/C14H11FN4O3S/c15-9-2-1-8(13-7(9)3-4-23-13)14(22)16-6-11-17-10(18-19-11)5-12(20)21/h1-4H,5-6H2,(H,16,22)(H,20,21)(H,17,18,19). The molecule has 3 N–H and O–H groups in total. The van der Waals surface area contributed by atoms with Crippen LogP contribution in [0, 0.1) is 5.82 Å². The number of nitrogens with zero attached hydrogens (tertiary/aromatic N) is 2. The molecule has 118 valence electrons. The van der Waals surface area contributed by atoms with Crippen molar-refractivity contribution in [3.8, 4) is 0 Å². The van der Waals surface area contributed by atoms with Crippen LogP contribution in [0.2, 0.25) is 0 Å². The molecule has 0 fully saturated rings. The van der Waals surface area contributed by atoms with Crippen molar-refractivity contribution in [2.24, 2.45) is 0 Å². The normalized spacial score (nSPS) is 10.8. The van der Waals surface area contributed by atoms with E-state index in [4.69, 9.17) is 5.11 Å². The van der Waals surface area contributed by atoms with Crippen molar-refractivity contribution in [1.29, 1.82) is 0 Å². The number of carboxylic acids is 1. The number of carboxylic acid groups (broad SMARTS) is 1. The zero-order valence-corrected chi connectivity index (χ0v) is 12.5. The number of H-pyrrole nitrogens is 1. The average molecular weight is 334 g/mol. The number of halogens is 1. The van der Waals surface area contributed by atoms with E-state index in [0.717, 1.165) is 0 Å². The number of hydrogen-bond donors (Lipinski definition) is 3. The van der Waals surface area contributed by atoms with Crippen molar-refractivity contribution < 1.29 is 19.1 Å². The van der Waals surface area contributed by atoms with E-state index in [1.54, 1.807) is 11.4 Å². The molecule has 0 spiro atoms. The lowest BCUT2D eigenvalue weighted by molar-refractivity contribution is -0.136. The summed E-state index contributed by atoms with van der Waals surface area (Å²) in [6.07, 6.45) is -0.293. The fourth-order valence-electron chi connectivity index (χ4n) is 2.09. The summed E-state index contributed by atoms with van der Waals surface area (Å²) in [7, 11) is 0. The van der Waals surface area contributed by atoms with Gasteiger partial charge in [0.1, 0.15) is 18.1 Å². The molecule has 0 saturated heterocycles. The molecule has 9 heteroatoms. The molecular formula is C14H11FN4O3S. The predicted octanol–water partition coefficient (Wildman–Crippen LogP) is 1.72. The number of carbonyl (C=O) groups is 2. The molecule has 7 nitrogen and oxygen atoms in total. The molecule has 0 aliphatic heterocycles. The van der Waals surface area contributed by atoms with E-state index in [1.807, 2.05) is 0 Å². The number of rotatable bonds is 5. The van der Waals surface area contributed by atoms with Gasteiger partial charge in [0.2, 0.25) is 0 Å². The maximum Gasteiger partial charge on any atom is 0.311 e. The van der Waals surface area contributed by atoms with Gasteiger partial charge in [-0.05, 0) is 23.6 Å². The van der Waals surface area contributed by atoms with E-state index < -0.39 is 5.97 Å². The first-order chi connectivity index (χ1) is 11.0. The Morgan fingerprint density at radius 1 is 1.35 bits per heavy atom. The lowest BCUT2D eigenvalue weighted by atomic mass is 10.1. The van der Waals surface area contributed by atoms with E-state index in [9.17, 15) is 14.0 Å². The average Bonchev–Trinajstić information content (AvgIpc) is 3.14. The topological polar surface area (TPSA) is 108 Å². The number of nitrogens with one attached hydrogen (secondary N) is 2. The molecule has 23 heavy (non-hydrogen) atoms. The second-order valence-electron chi connectivity index (χ2n) is 4.71. The summed E-state index contributed by atoms with van der Waals surface area (Å²) in [5, 5.41) is 19.7. The number of thiophene rings is 1. The van der Waals surface area contributed by atoms with Crippen LogP contribution in [-0.4, -0.2) is 32.2 Å². The first-order valence-corrected chi connectivity index (χ1v) is 7.48. The van der Waals surface area contributed by atoms with Gasteiger partial charge in [0.05, 0.1) is 12.1 Å². The third-order valence-electron chi connectivity index (χ3n) is 3.11. The Balaban J connectivity index is 1.71. The number of aromatic nitrogens is 3. The van der Waals surface area contributed by atoms with Crippen LogP contribution in [-0.2, 0) is 17.8 Å². The molecular weight excluding hydrogens is 323 g/mol. The molecule has 0 unspecified atom stereocenters. The van der Waals surface area contributed by atoms with Crippen LogP contribution in [0.4, 0.5) is 4.39 Å². The zero-order chi connectivity index (χ0) is 16.4. The van der Waals surface area contributed by atoms with Crippen molar-refractivity contribution in [3.05, 3.63) is 46.6 Å². The van der Waals surface area contributed by atoms with Crippen LogP contribution in [0.15, 0.2) is 23.6 Å². The van der Waals surface area contributed by atoms with E-state index in [2.05, 4.69) is 20.5 Å². The second-order valence-corrected chi connectivity index (χ2v) is 5.63. The zero-order valence-electron chi connectivity index (χ0n) is 11.7. The van der Waals surface area contributed by atoms with Gasteiger partial charge in [-0.3, -0.25) is 14.7 Å². The van der Waals surface area contributed by atoms with Crippen LogP contribution >= 0.6 is 11.3 Å². The fourth-order valence-corrected chi connectivity index (χ4v) is 3.01. The van der Waals surface area contributed by atoms with E-state index in [0.29, 0.717) is 21.5 Å². The molecule has 0 atom stereocenters. The summed E-state index contributed by atoms with van der Waals surface area (Å²) in [5.41, 5.74) is 0.377. The molecule has 1 aromatic carbocycles. The minimum atomic E-state index is -1.04. The second kappa shape index (κ2) is 6.13. The maximum absolute atomic E-state index is 13.6. The Labute approximate surface area is 133 Å². The van der Waals surface area contributed by atoms with E-state index in [-0.39, 0.29) is 30.5 Å². The predicted molar refractivity (Wildman–Crippen MR) is 80.7 cm³/mol. The van der Waals surface area contributed by atoms with E-state index >= 15 is 0 Å². The minimum Gasteiger partial charge on any atom is -0.481 e. The van der Waals surface area contributed by atoms with Gasteiger partial charge in [-0.2, -0.15) is 5.10 Å². The Bertz CT molecular complexity index is 889. The monoisotopic (exact) mass is 334 g/mol. The van der Waals surface area contributed by atoms with Gasteiger partial charge < -0.3 is 10.4 Å². The summed E-state index contributed by atoms with van der Waals surface area (Å²) < 4.78 is 14.2. The molecule has 2 heterocycles. The lowest BCUT2D eigenvalue weighted by Gasteiger charge is -2.05. The Kier molecular flexibility index (Phi) is 4.02. The summed E-state index contributed by atoms with van der Waals surface area (Å²) in [6.45, 7) is 0.0652. The number of aliphatic carboxylic acids is 1. The fraction of sp³-hybridized carbons (Fsp3) is 0.143. The van der Waals surface area contributed by atoms with E-state index in [1.165, 1.54) is 23.5 Å². The molecule has 0 aliphatic rings. The van der Waals surface area contributed by atoms with Crippen molar-refractivity contribution in [1.82, 2.24) is 20.5 Å². The van der Waals surface area contributed by atoms with Gasteiger partial charge in [-0.1, -0.05) is 0 Å². The molecule has 0 bridgehead atoms. The van der Waals surface area contributed by atoms with Gasteiger partial charge in [-0.25, -0.2) is 9.37 Å². The number of amides is 1. The number of carbonyl (C=O) groups excluding carboxylic acids is 1. The third kappa shape index (κ3) is 3.19. The highest BCUT2D eigenvalue weighted by molar-refractivity contribution is 7.17. The maximum atomic E-state index is 13.6. The lowest BCUT2D eigenvalue weighted by Crippen LogP contribution is -2.23. The molecule has 0 radical (unpaired) electrons. The van der Waals surface area contributed by atoms with Gasteiger partial charge in [0.15, 0.2) is 5.82 Å². The van der Waals surface area contributed by atoms with Gasteiger partial charge in [0, 0.05) is 10.1 Å². The quantitative estimate of drug-likeness (QED) is 0.658. The van der Waals surface area contributed by atoms with Crippen molar-refractivity contribution in [2.75, 3.05) is 0 Å². The SMILES string of the molecule is O=C(O)Cc1n[nH]c(CNC(=O)c2ccc(F)c3ccsc23)n1. The smallest absolute Gasteiger partial charge is 0.311 e. The van der Waals surface area contributed by atoms with Crippen molar-refractivity contribution in [3.63, 3.8) is 0 Å². The highest BCUT2D eigenvalue weighted by atomic mass is 32.1. The Morgan fingerprint density at radius 3 is 2.96 bits per heavy atom. The van der Waals surface area contributed by atoms with Gasteiger partial charge in [0.25, 0.3) is 5.91 Å². The number of aromatic amines is 1. The van der Waals surface area contributed by atoms with Crippen LogP contribution in [0.5, 0.6) is 0 Å². The molecule has 3 aromatic rings. The summed E-state index contributed by atoms with van der Waals surface area (Å²) >= 11 is 1.29. The van der Waals surface area contributed by atoms with Crippen LogP contribution < -0.4 is 5.32 Å². The summed E-state index contributed by atoms with van der Waals surface area (Å²) in [6, 6.07) is 4.31. The van der Waals surface area contributed by atoms with Crippen LogP contribution in [0.1, 0.15) is 22.0 Å². The summed E-state index contributed by atoms with van der Waals surface area (Å²) in [4.78, 5) is 26.8. The number of hydrogen-bond acceptors (Lipinski definition) is 5. The Hall–Kier alpha value is -2.81. The molecule has 3 rings (SSSR count). The molecule has 0 aliphatic carbocycles. The highest BCUT2D eigenvalue weighted by Crippen LogP contribution is 2.27. The number of fused-ring (bicyclic) bond motifs is 1. The molecule has 2 aromatic heterocycles. The van der Waals surface area contributed by atoms with Gasteiger partial charge in [-0.15, -0.1) is 11.3 Å².